The summed E-state index contributed by atoms with van der Waals surface area (Å²) in [5, 5.41) is 11.2. The van der Waals surface area contributed by atoms with Crippen molar-refractivity contribution in [3.05, 3.63) is 34.4 Å². The molecule has 3 fully saturated rings. The van der Waals surface area contributed by atoms with Gasteiger partial charge >= 0.3 is 0 Å². The summed E-state index contributed by atoms with van der Waals surface area (Å²) in [5.74, 6) is 0.513. The molecule has 2 atom stereocenters. The highest BCUT2D eigenvalue weighted by atomic mass is 32.2. The van der Waals surface area contributed by atoms with Crippen LogP contribution in [0, 0.1) is 10.1 Å². The molecule has 2 aliphatic heterocycles. The fourth-order valence-corrected chi connectivity index (χ4v) is 6.02. The first-order valence-electron chi connectivity index (χ1n) is 9.44. The van der Waals surface area contributed by atoms with Crippen LogP contribution in [-0.4, -0.2) is 44.3 Å². The summed E-state index contributed by atoms with van der Waals surface area (Å²) in [7, 11) is 0. The molecule has 2 saturated heterocycles. The van der Waals surface area contributed by atoms with Gasteiger partial charge in [-0.2, -0.15) is 0 Å². The van der Waals surface area contributed by atoms with Crippen LogP contribution in [0.25, 0.3) is 0 Å². The molecule has 1 aromatic carbocycles. The maximum absolute atomic E-state index is 13.6. The lowest BCUT2D eigenvalue weighted by atomic mass is 10.1. The number of fused-ring (bicyclic) bond motifs is 1. The van der Waals surface area contributed by atoms with Crippen molar-refractivity contribution >= 4 is 35.0 Å². The van der Waals surface area contributed by atoms with Crippen molar-refractivity contribution in [3.8, 4) is 0 Å². The van der Waals surface area contributed by atoms with E-state index in [0.717, 1.165) is 32.1 Å². The molecule has 0 spiro atoms. The van der Waals surface area contributed by atoms with Crippen molar-refractivity contribution in [3.63, 3.8) is 0 Å². The monoisotopic (exact) mass is 389 g/mol. The highest BCUT2D eigenvalue weighted by Crippen LogP contribution is 2.48. The molecule has 0 unspecified atom stereocenters. The number of nitro benzene ring substituents is 1. The smallest absolute Gasteiger partial charge is 0.271 e. The molecule has 3 aliphatic rings. The van der Waals surface area contributed by atoms with Crippen LogP contribution in [-0.2, 0) is 9.59 Å². The Labute approximate surface area is 162 Å². The Balaban J connectivity index is 1.69. The number of carbonyl (C=O) groups is 2. The van der Waals surface area contributed by atoms with E-state index in [1.807, 2.05) is 6.92 Å². The average Bonchev–Trinajstić information content (AvgIpc) is 3.34. The van der Waals surface area contributed by atoms with Gasteiger partial charge in [-0.3, -0.25) is 19.7 Å². The second-order valence-corrected chi connectivity index (χ2v) is 9.19. The zero-order valence-corrected chi connectivity index (χ0v) is 16.1. The van der Waals surface area contributed by atoms with E-state index in [2.05, 4.69) is 0 Å². The minimum Gasteiger partial charge on any atom is -0.315 e. The van der Waals surface area contributed by atoms with Gasteiger partial charge in [0, 0.05) is 30.3 Å². The van der Waals surface area contributed by atoms with Crippen LogP contribution in [0.1, 0.15) is 45.4 Å². The van der Waals surface area contributed by atoms with Crippen LogP contribution >= 0.6 is 11.8 Å². The van der Waals surface area contributed by atoms with Gasteiger partial charge in [0.2, 0.25) is 5.91 Å². The van der Waals surface area contributed by atoms with Gasteiger partial charge in [0.1, 0.15) is 6.04 Å². The Morgan fingerprint density at radius 3 is 2.81 bits per heavy atom. The summed E-state index contributed by atoms with van der Waals surface area (Å²) >= 11 is 1.67. The molecule has 27 heavy (non-hydrogen) atoms. The maximum Gasteiger partial charge on any atom is 0.271 e. The third kappa shape index (κ3) is 3.09. The number of anilines is 1. The predicted molar refractivity (Wildman–Crippen MR) is 104 cm³/mol. The first kappa shape index (κ1) is 18.3. The zero-order chi connectivity index (χ0) is 19.2. The van der Waals surface area contributed by atoms with Crippen LogP contribution in [0.15, 0.2) is 24.3 Å². The summed E-state index contributed by atoms with van der Waals surface area (Å²) in [5.41, 5.74) is 0.539. The van der Waals surface area contributed by atoms with Gasteiger partial charge in [-0.15, -0.1) is 11.8 Å². The average molecular weight is 389 g/mol. The first-order chi connectivity index (χ1) is 12.9. The van der Waals surface area contributed by atoms with E-state index in [-0.39, 0.29) is 28.4 Å². The minimum absolute atomic E-state index is 0.0221. The largest absolute Gasteiger partial charge is 0.315 e. The summed E-state index contributed by atoms with van der Waals surface area (Å²) < 4.78 is 0. The number of thioether (sulfide) groups is 1. The Bertz CT molecular complexity index is 795. The number of nitrogens with zero attached hydrogens (tertiary/aromatic N) is 3. The predicted octanol–water partition coefficient (Wildman–Crippen LogP) is 3.32. The molecule has 0 bridgehead atoms. The van der Waals surface area contributed by atoms with Gasteiger partial charge < -0.3 is 9.80 Å². The van der Waals surface area contributed by atoms with Crippen LogP contribution in [0.4, 0.5) is 11.4 Å². The Morgan fingerprint density at radius 1 is 1.37 bits per heavy atom. The summed E-state index contributed by atoms with van der Waals surface area (Å²) in [4.78, 5) is 40.0. The van der Waals surface area contributed by atoms with Crippen LogP contribution in [0.3, 0.4) is 0 Å². The number of nitro groups is 1. The van der Waals surface area contributed by atoms with Crippen molar-refractivity contribution in [1.29, 1.82) is 0 Å². The lowest BCUT2D eigenvalue weighted by Gasteiger charge is -2.35. The van der Waals surface area contributed by atoms with Crippen molar-refractivity contribution < 1.29 is 14.5 Å². The number of hydrogen-bond acceptors (Lipinski definition) is 5. The standard InChI is InChI=1S/C19H23N3O4S/c1-19-10-9-17(23)21(19)16(12-27-19)18(24)20(13-5-2-3-6-13)14-7-4-8-15(11-14)22(25)26/h4,7-8,11,13,16H,2-3,5-6,9-10,12H2,1H3/t16-,19-/m0/s1. The first-order valence-corrected chi connectivity index (χ1v) is 10.4. The fourth-order valence-electron chi connectivity index (χ4n) is 4.60. The Hall–Kier alpha value is -2.09. The van der Waals surface area contributed by atoms with Crippen molar-refractivity contribution in [2.45, 2.75) is 62.4 Å². The van der Waals surface area contributed by atoms with Gasteiger partial charge in [0.05, 0.1) is 15.5 Å². The lowest BCUT2D eigenvalue weighted by Crippen LogP contribution is -2.53. The van der Waals surface area contributed by atoms with Crippen molar-refractivity contribution in [2.24, 2.45) is 0 Å². The highest BCUT2D eigenvalue weighted by molar-refractivity contribution is 8.01. The van der Waals surface area contributed by atoms with Gasteiger partial charge in [0.15, 0.2) is 0 Å². The summed E-state index contributed by atoms with van der Waals surface area (Å²) in [6.07, 6.45) is 5.11. The van der Waals surface area contributed by atoms with Gasteiger partial charge in [-0.05, 0) is 32.3 Å². The molecule has 7 nitrogen and oxygen atoms in total. The molecule has 0 radical (unpaired) electrons. The molecule has 0 N–H and O–H groups in total. The second kappa shape index (κ2) is 6.82. The Morgan fingerprint density at radius 2 is 2.11 bits per heavy atom. The van der Waals surface area contributed by atoms with E-state index in [9.17, 15) is 19.7 Å². The molecule has 1 aliphatic carbocycles. The summed E-state index contributed by atoms with van der Waals surface area (Å²) in [6.45, 7) is 2.03. The normalized spacial score (nSPS) is 27.8. The molecule has 2 amide bonds. The second-order valence-electron chi connectivity index (χ2n) is 7.69. The Kier molecular flexibility index (Phi) is 4.61. The molecular formula is C19H23N3O4S. The van der Waals surface area contributed by atoms with Crippen LogP contribution < -0.4 is 4.90 Å². The SMILES string of the molecule is C[C@]12CCC(=O)N1[C@H](C(=O)N(c1cccc([N+](=O)[O-])c1)C1CCCC1)CS2. The van der Waals surface area contributed by atoms with E-state index in [1.54, 1.807) is 33.7 Å². The van der Waals surface area contributed by atoms with Crippen molar-refractivity contribution in [1.82, 2.24) is 4.90 Å². The van der Waals surface area contributed by atoms with Crippen LogP contribution in [0.2, 0.25) is 0 Å². The summed E-state index contributed by atoms with van der Waals surface area (Å²) in [6, 6.07) is 5.84. The van der Waals surface area contributed by atoms with Crippen molar-refractivity contribution in [2.75, 3.05) is 10.7 Å². The van der Waals surface area contributed by atoms with E-state index in [1.165, 1.54) is 12.1 Å². The minimum atomic E-state index is -0.491. The molecule has 2 heterocycles. The zero-order valence-electron chi connectivity index (χ0n) is 15.3. The van der Waals surface area contributed by atoms with Crippen LogP contribution in [0.5, 0.6) is 0 Å². The molecule has 144 valence electrons. The molecular weight excluding hydrogens is 366 g/mol. The fraction of sp³-hybridized carbons (Fsp3) is 0.579. The number of rotatable bonds is 4. The molecule has 1 aromatic rings. The molecule has 0 aromatic heterocycles. The van der Waals surface area contributed by atoms with Gasteiger partial charge in [-0.25, -0.2) is 0 Å². The van der Waals surface area contributed by atoms with E-state index in [0.29, 0.717) is 17.9 Å². The third-order valence-electron chi connectivity index (χ3n) is 5.98. The van der Waals surface area contributed by atoms with Gasteiger partial charge in [0.25, 0.3) is 11.6 Å². The number of hydrogen-bond donors (Lipinski definition) is 0. The van der Waals surface area contributed by atoms with E-state index >= 15 is 0 Å². The molecule has 1 saturated carbocycles. The lowest BCUT2D eigenvalue weighted by molar-refractivity contribution is -0.384. The topological polar surface area (TPSA) is 83.8 Å². The quantitative estimate of drug-likeness (QED) is 0.583. The number of amides is 2. The highest BCUT2D eigenvalue weighted by Gasteiger charge is 2.54. The molecule has 4 rings (SSSR count). The third-order valence-corrected chi connectivity index (χ3v) is 7.48. The maximum atomic E-state index is 13.6. The number of non-ortho nitro benzene ring substituents is 1. The van der Waals surface area contributed by atoms with Gasteiger partial charge in [-0.1, -0.05) is 18.9 Å². The van der Waals surface area contributed by atoms with E-state index < -0.39 is 11.0 Å². The molecule has 8 heteroatoms. The van der Waals surface area contributed by atoms with E-state index in [4.69, 9.17) is 0 Å². The number of benzene rings is 1. The number of carbonyl (C=O) groups excluding carboxylic acids is 2.